The Labute approximate surface area is 163 Å². The van der Waals surface area contributed by atoms with Gasteiger partial charge in [0.2, 0.25) is 0 Å². The first kappa shape index (κ1) is 17.2. The minimum Gasteiger partial charge on any atom is -0.370 e. The van der Waals surface area contributed by atoms with E-state index in [2.05, 4.69) is 51.6 Å². The Bertz CT molecular complexity index is 1180. The monoisotopic (exact) mass is 374 g/mol. The molecule has 0 spiro atoms. The molecule has 1 atom stereocenters. The smallest absolute Gasteiger partial charge is 0.173 e. The minimum atomic E-state index is -0.297. The number of nitrogens with zero attached hydrogens (tertiary/aromatic N) is 3. The molecule has 1 N–H and O–H groups in total. The molecule has 0 saturated carbocycles. The number of benzene rings is 2. The number of aromatic nitrogens is 2. The zero-order valence-corrected chi connectivity index (χ0v) is 16.1. The molecule has 1 saturated heterocycles. The van der Waals surface area contributed by atoms with Gasteiger partial charge in [0.15, 0.2) is 11.5 Å². The van der Waals surface area contributed by atoms with E-state index in [0.29, 0.717) is 11.7 Å². The van der Waals surface area contributed by atoms with Gasteiger partial charge in [0.05, 0.1) is 5.69 Å². The van der Waals surface area contributed by atoms with Crippen LogP contribution in [0.15, 0.2) is 54.9 Å². The van der Waals surface area contributed by atoms with Crippen molar-refractivity contribution < 1.29 is 4.39 Å². The number of fused-ring (bicyclic) bond motifs is 2. The number of aryl methyl sites for hydroxylation is 1. The van der Waals surface area contributed by atoms with Crippen LogP contribution in [0.4, 0.5) is 10.1 Å². The molecule has 3 heterocycles. The molecule has 4 aromatic rings. The van der Waals surface area contributed by atoms with E-state index in [0.717, 1.165) is 35.3 Å². The third-order valence-electron chi connectivity index (χ3n) is 5.75. The van der Waals surface area contributed by atoms with Crippen LogP contribution in [0.2, 0.25) is 0 Å². The lowest BCUT2D eigenvalue weighted by Crippen LogP contribution is -2.29. The largest absolute Gasteiger partial charge is 0.370 e. The van der Waals surface area contributed by atoms with Crippen molar-refractivity contribution in [3.05, 3.63) is 66.4 Å². The van der Waals surface area contributed by atoms with Crippen molar-refractivity contribution in [2.45, 2.75) is 19.4 Å². The van der Waals surface area contributed by atoms with Crippen LogP contribution in [0.3, 0.4) is 0 Å². The first-order chi connectivity index (χ1) is 13.6. The molecule has 0 aliphatic carbocycles. The fourth-order valence-corrected chi connectivity index (χ4v) is 4.18. The predicted molar refractivity (Wildman–Crippen MR) is 113 cm³/mol. The Balaban J connectivity index is 1.51. The molecule has 0 unspecified atom stereocenters. The van der Waals surface area contributed by atoms with Crippen molar-refractivity contribution in [3.63, 3.8) is 0 Å². The van der Waals surface area contributed by atoms with Crippen molar-refractivity contribution in [3.8, 4) is 11.1 Å². The first-order valence-electron chi connectivity index (χ1n) is 9.72. The highest BCUT2D eigenvalue weighted by atomic mass is 19.1. The molecule has 1 aliphatic heterocycles. The zero-order chi connectivity index (χ0) is 19.3. The first-order valence-corrected chi connectivity index (χ1v) is 9.72. The molecule has 0 bridgehead atoms. The SMILES string of the molecule is CN[C@H]1CCN(c2ccc3cc(-c4cc(F)c5nc(C)cn5c4)ccc3c2)C1. The van der Waals surface area contributed by atoms with Gasteiger partial charge >= 0.3 is 0 Å². The minimum absolute atomic E-state index is 0.297. The van der Waals surface area contributed by atoms with Crippen LogP contribution in [0.1, 0.15) is 12.1 Å². The second-order valence-corrected chi connectivity index (χ2v) is 7.66. The Morgan fingerprint density at radius 3 is 2.68 bits per heavy atom. The molecule has 5 rings (SSSR count). The number of anilines is 1. The normalized spacial score (nSPS) is 17.1. The van der Waals surface area contributed by atoms with Gasteiger partial charge in [-0.2, -0.15) is 0 Å². The van der Waals surface area contributed by atoms with E-state index >= 15 is 0 Å². The third-order valence-corrected chi connectivity index (χ3v) is 5.75. The summed E-state index contributed by atoms with van der Waals surface area (Å²) in [6.07, 6.45) is 4.97. The van der Waals surface area contributed by atoms with Crippen molar-refractivity contribution in [2.24, 2.45) is 0 Å². The molecule has 4 nitrogen and oxygen atoms in total. The fraction of sp³-hybridized carbons (Fsp3) is 0.261. The molecule has 5 heteroatoms. The van der Waals surface area contributed by atoms with Crippen LogP contribution in [0.5, 0.6) is 0 Å². The molecular weight excluding hydrogens is 351 g/mol. The molecule has 0 radical (unpaired) electrons. The number of halogens is 1. The van der Waals surface area contributed by atoms with Crippen LogP contribution < -0.4 is 10.2 Å². The summed E-state index contributed by atoms with van der Waals surface area (Å²) in [5.74, 6) is -0.297. The van der Waals surface area contributed by atoms with Gasteiger partial charge in [-0.25, -0.2) is 9.37 Å². The molecule has 2 aromatic carbocycles. The van der Waals surface area contributed by atoms with Gasteiger partial charge in [0, 0.05) is 42.8 Å². The van der Waals surface area contributed by atoms with E-state index in [9.17, 15) is 4.39 Å². The summed E-state index contributed by atoms with van der Waals surface area (Å²) in [6, 6.07) is 15.1. The third kappa shape index (κ3) is 2.92. The highest BCUT2D eigenvalue weighted by molar-refractivity contribution is 5.90. The molecule has 0 amide bonds. The highest BCUT2D eigenvalue weighted by Gasteiger charge is 2.21. The van der Waals surface area contributed by atoms with Crippen LogP contribution >= 0.6 is 0 Å². The van der Waals surface area contributed by atoms with E-state index in [4.69, 9.17) is 0 Å². The lowest BCUT2D eigenvalue weighted by molar-refractivity contribution is 0.617. The molecule has 142 valence electrons. The number of pyridine rings is 1. The summed E-state index contributed by atoms with van der Waals surface area (Å²) in [7, 11) is 2.03. The highest BCUT2D eigenvalue weighted by Crippen LogP contribution is 2.30. The van der Waals surface area contributed by atoms with Crippen molar-refractivity contribution in [1.82, 2.24) is 14.7 Å². The van der Waals surface area contributed by atoms with Crippen molar-refractivity contribution in [2.75, 3.05) is 25.0 Å². The zero-order valence-electron chi connectivity index (χ0n) is 16.1. The number of likely N-dealkylation sites (N-methyl/N-ethyl adjacent to an activating group) is 1. The second kappa shape index (κ2) is 6.60. The summed E-state index contributed by atoms with van der Waals surface area (Å²) in [6.45, 7) is 4.00. The van der Waals surface area contributed by atoms with Gasteiger partial charge in [-0.15, -0.1) is 0 Å². The standard InChI is InChI=1S/C23H23FN4/c1-15-12-28-13-19(11-22(24)23(28)26-15)17-3-4-18-10-21(6-5-16(18)9-17)27-8-7-20(14-27)25-2/h3-6,9-13,20,25H,7-8,14H2,1-2H3/t20-/m0/s1. The Hall–Kier alpha value is -2.92. The second-order valence-electron chi connectivity index (χ2n) is 7.66. The van der Waals surface area contributed by atoms with Crippen LogP contribution in [0, 0.1) is 12.7 Å². The number of imidazole rings is 1. The van der Waals surface area contributed by atoms with Crippen LogP contribution in [0.25, 0.3) is 27.5 Å². The number of hydrogen-bond donors (Lipinski definition) is 1. The molecular formula is C23H23FN4. The number of rotatable bonds is 3. The van der Waals surface area contributed by atoms with Crippen molar-refractivity contribution >= 4 is 22.1 Å². The maximum absolute atomic E-state index is 14.5. The predicted octanol–water partition coefficient (Wildman–Crippen LogP) is 4.40. The van der Waals surface area contributed by atoms with E-state index < -0.39 is 0 Å². The van der Waals surface area contributed by atoms with Gasteiger partial charge in [0.1, 0.15) is 0 Å². The number of nitrogens with one attached hydrogen (secondary N) is 1. The summed E-state index contributed by atoms with van der Waals surface area (Å²) in [5, 5.41) is 5.73. The molecule has 2 aromatic heterocycles. The quantitative estimate of drug-likeness (QED) is 0.577. The lowest BCUT2D eigenvalue weighted by Gasteiger charge is -2.19. The molecule has 1 fully saturated rings. The molecule has 28 heavy (non-hydrogen) atoms. The van der Waals surface area contributed by atoms with E-state index in [-0.39, 0.29) is 5.82 Å². The van der Waals surface area contributed by atoms with Gasteiger partial charge in [0.25, 0.3) is 0 Å². The Morgan fingerprint density at radius 2 is 1.86 bits per heavy atom. The molecule has 1 aliphatic rings. The average Bonchev–Trinajstić information content (AvgIpc) is 3.33. The van der Waals surface area contributed by atoms with E-state index in [1.54, 1.807) is 10.5 Å². The summed E-state index contributed by atoms with van der Waals surface area (Å²) >= 11 is 0. The summed E-state index contributed by atoms with van der Waals surface area (Å²) in [4.78, 5) is 6.66. The maximum Gasteiger partial charge on any atom is 0.173 e. The van der Waals surface area contributed by atoms with Gasteiger partial charge in [-0.3, -0.25) is 0 Å². The Morgan fingerprint density at radius 1 is 1.04 bits per heavy atom. The lowest BCUT2D eigenvalue weighted by atomic mass is 10.0. The van der Waals surface area contributed by atoms with Gasteiger partial charge in [-0.05, 0) is 61.0 Å². The number of hydrogen-bond acceptors (Lipinski definition) is 3. The van der Waals surface area contributed by atoms with Crippen molar-refractivity contribution in [1.29, 1.82) is 0 Å². The average molecular weight is 374 g/mol. The van der Waals surface area contributed by atoms with Gasteiger partial charge < -0.3 is 14.6 Å². The van der Waals surface area contributed by atoms with E-state index in [1.807, 2.05) is 26.4 Å². The Kier molecular flexibility index (Phi) is 4.05. The fourth-order valence-electron chi connectivity index (χ4n) is 4.18. The summed E-state index contributed by atoms with van der Waals surface area (Å²) in [5.41, 5.74) is 4.30. The van der Waals surface area contributed by atoms with E-state index in [1.165, 1.54) is 17.5 Å². The van der Waals surface area contributed by atoms with Gasteiger partial charge in [-0.1, -0.05) is 18.2 Å². The topological polar surface area (TPSA) is 32.6 Å². The summed E-state index contributed by atoms with van der Waals surface area (Å²) < 4.78 is 16.2. The van der Waals surface area contributed by atoms with Crippen LogP contribution in [-0.4, -0.2) is 35.6 Å². The van der Waals surface area contributed by atoms with Crippen LogP contribution in [-0.2, 0) is 0 Å². The maximum atomic E-state index is 14.5.